The Kier molecular flexibility index (Phi) is 7.52. The van der Waals surface area contributed by atoms with Gasteiger partial charge in [-0.3, -0.25) is 19.5 Å². The van der Waals surface area contributed by atoms with E-state index in [-0.39, 0.29) is 24.3 Å². The number of pyridine rings is 2. The first-order valence-corrected chi connectivity index (χ1v) is 11.3. The van der Waals surface area contributed by atoms with Gasteiger partial charge in [-0.1, -0.05) is 6.92 Å². The number of benzene rings is 1. The molecule has 7 N–H and O–H groups in total. The number of aryl methyl sites for hydroxylation is 1. The number of rotatable bonds is 9. The van der Waals surface area contributed by atoms with Crippen LogP contribution in [0.2, 0.25) is 0 Å². The number of primary amides is 1. The zero-order chi connectivity index (χ0) is 26.7. The molecule has 0 atom stereocenters. The second kappa shape index (κ2) is 10.8. The second-order valence-electron chi connectivity index (χ2n) is 8.48. The van der Waals surface area contributed by atoms with Crippen molar-refractivity contribution in [2.24, 2.45) is 5.73 Å². The quantitative estimate of drug-likeness (QED) is 0.184. The maximum Gasteiger partial charge on any atom is 0.253 e. The highest BCUT2D eigenvalue weighted by Gasteiger charge is 2.32. The molecule has 1 aliphatic heterocycles. The minimum Gasteiger partial charge on any atom is -0.365 e. The van der Waals surface area contributed by atoms with Crippen LogP contribution in [-0.2, 0) is 13.0 Å². The molecule has 15 heteroatoms. The van der Waals surface area contributed by atoms with Gasteiger partial charge in [0.2, 0.25) is 0 Å². The molecule has 0 aliphatic carbocycles. The van der Waals surface area contributed by atoms with E-state index in [1.807, 2.05) is 17.9 Å². The van der Waals surface area contributed by atoms with Crippen LogP contribution in [0.5, 0.6) is 0 Å². The van der Waals surface area contributed by atoms with Gasteiger partial charge in [-0.25, -0.2) is 22.2 Å². The van der Waals surface area contributed by atoms with E-state index in [9.17, 15) is 27.5 Å². The maximum absolute atomic E-state index is 13.8. The molecular formula is C22H25F4N9O2. The molecule has 11 nitrogen and oxygen atoms in total. The van der Waals surface area contributed by atoms with Gasteiger partial charge in [0.1, 0.15) is 22.7 Å². The van der Waals surface area contributed by atoms with Gasteiger partial charge < -0.3 is 15.6 Å². The zero-order valence-corrected chi connectivity index (χ0v) is 19.7. The molecule has 2 aromatic heterocycles. The summed E-state index contributed by atoms with van der Waals surface area (Å²) < 4.78 is 54.8. The number of aromatic nitrogens is 2. The Morgan fingerprint density at radius 2 is 1.59 bits per heavy atom. The molecule has 0 spiro atoms. The molecular weight excluding hydrogens is 498 g/mol. The number of fused-ring (bicyclic) bond motifs is 1. The monoisotopic (exact) mass is 523 g/mol. The van der Waals surface area contributed by atoms with Gasteiger partial charge in [-0.15, -0.1) is 17.9 Å². The van der Waals surface area contributed by atoms with Gasteiger partial charge in [0.15, 0.2) is 0 Å². The molecule has 37 heavy (non-hydrogen) atoms. The number of carbonyl (C=O) groups excluding carboxylic acids is 1. The van der Waals surface area contributed by atoms with Crippen molar-refractivity contribution in [3.05, 3.63) is 45.4 Å². The minimum absolute atomic E-state index is 0.163. The average molecular weight is 523 g/mol. The smallest absolute Gasteiger partial charge is 0.253 e. The Balaban J connectivity index is 1.58. The standard InChI is InChI=1S/C22H25F4N9O2/c1-2-12-8-13-14(29-22(12)37)7-11(9-28-13)10-34-3-5-35(6-4-34)20-18(32-25)16(30-23)15(21(27)36)17(31-24)19(20)33-26/h7-9,30-33H,2-6,10H2,1H3,(H2,27,36)(H,29,37). The zero-order valence-electron chi connectivity index (χ0n) is 19.7. The van der Waals surface area contributed by atoms with Gasteiger partial charge in [0.25, 0.3) is 11.5 Å². The molecule has 0 radical (unpaired) electrons. The van der Waals surface area contributed by atoms with Gasteiger partial charge in [0.05, 0.1) is 22.3 Å². The van der Waals surface area contributed by atoms with Crippen LogP contribution in [0.25, 0.3) is 11.0 Å². The van der Waals surface area contributed by atoms with Crippen molar-refractivity contribution in [3.63, 3.8) is 0 Å². The van der Waals surface area contributed by atoms with Crippen LogP contribution in [0.3, 0.4) is 0 Å². The van der Waals surface area contributed by atoms with Gasteiger partial charge in [-0.05, 0) is 24.1 Å². The fourth-order valence-corrected chi connectivity index (χ4v) is 4.58. The fraction of sp³-hybridized carbons (Fsp3) is 0.318. The van der Waals surface area contributed by atoms with E-state index in [1.54, 1.807) is 12.3 Å². The lowest BCUT2D eigenvalue weighted by Crippen LogP contribution is -2.46. The molecule has 1 amide bonds. The van der Waals surface area contributed by atoms with Crippen molar-refractivity contribution in [2.75, 3.05) is 53.2 Å². The first kappa shape index (κ1) is 25.8. The van der Waals surface area contributed by atoms with Gasteiger partial charge in [0, 0.05) is 44.5 Å². The topological polar surface area (TPSA) is 143 Å². The Bertz CT molecular complexity index is 1340. The van der Waals surface area contributed by atoms with E-state index >= 15 is 0 Å². The summed E-state index contributed by atoms with van der Waals surface area (Å²) in [6.07, 6.45) is 2.30. The Labute approximate surface area is 207 Å². The lowest BCUT2D eigenvalue weighted by Gasteiger charge is -2.38. The molecule has 198 valence electrons. The number of anilines is 5. The summed E-state index contributed by atoms with van der Waals surface area (Å²) in [5.74, 6) is -1.32. The molecule has 1 fully saturated rings. The molecule has 3 aromatic rings. The molecule has 4 rings (SSSR count). The number of aromatic amines is 1. The summed E-state index contributed by atoms with van der Waals surface area (Å²) in [5, 5.41) is 0. The van der Waals surface area contributed by atoms with Crippen LogP contribution in [0.1, 0.15) is 28.4 Å². The summed E-state index contributed by atoms with van der Waals surface area (Å²) in [6, 6.07) is 3.60. The number of carbonyl (C=O) groups is 1. The number of nitrogens with zero attached hydrogens (tertiary/aromatic N) is 3. The van der Waals surface area contributed by atoms with Crippen molar-refractivity contribution in [3.8, 4) is 0 Å². The van der Waals surface area contributed by atoms with E-state index in [0.29, 0.717) is 42.7 Å². The average Bonchev–Trinajstić information content (AvgIpc) is 2.91. The third kappa shape index (κ3) is 4.76. The summed E-state index contributed by atoms with van der Waals surface area (Å²) >= 11 is 0. The van der Waals surface area contributed by atoms with Crippen molar-refractivity contribution < 1.29 is 22.7 Å². The third-order valence-corrected chi connectivity index (χ3v) is 6.40. The van der Waals surface area contributed by atoms with Crippen molar-refractivity contribution in [1.82, 2.24) is 14.9 Å². The highest BCUT2D eigenvalue weighted by molar-refractivity contribution is 6.14. The SMILES string of the molecule is CCc1cc2ncc(CN3CCN(c4c(NF)c(NF)c(C(N)=O)c(NF)c4NF)CC3)cc2[nH]c1=O. The molecule has 0 unspecified atom stereocenters. The summed E-state index contributed by atoms with van der Waals surface area (Å²) in [6.45, 7) is 3.62. The first-order valence-electron chi connectivity index (χ1n) is 11.3. The van der Waals surface area contributed by atoms with Gasteiger partial charge in [-0.2, -0.15) is 0 Å². The Morgan fingerprint density at radius 3 is 2.11 bits per heavy atom. The predicted molar refractivity (Wildman–Crippen MR) is 133 cm³/mol. The van der Waals surface area contributed by atoms with Crippen LogP contribution in [0.4, 0.5) is 46.4 Å². The minimum atomic E-state index is -1.32. The number of H-pyrrole nitrogens is 1. The maximum atomic E-state index is 13.8. The van der Waals surface area contributed by atoms with E-state index in [4.69, 9.17) is 5.73 Å². The van der Waals surface area contributed by atoms with Crippen molar-refractivity contribution >= 4 is 45.4 Å². The van der Waals surface area contributed by atoms with E-state index in [2.05, 4.69) is 9.97 Å². The van der Waals surface area contributed by atoms with Crippen LogP contribution in [0, 0.1) is 0 Å². The lowest BCUT2D eigenvalue weighted by molar-refractivity contribution is 0.100. The van der Waals surface area contributed by atoms with Crippen LogP contribution in [-0.4, -0.2) is 47.0 Å². The number of hydrogen-bond donors (Lipinski definition) is 6. The molecule has 1 aliphatic rings. The molecule has 3 heterocycles. The van der Waals surface area contributed by atoms with Crippen molar-refractivity contribution in [2.45, 2.75) is 19.9 Å². The van der Waals surface area contributed by atoms with E-state index < -0.39 is 34.2 Å². The number of nitrogens with two attached hydrogens (primary N) is 1. The summed E-state index contributed by atoms with van der Waals surface area (Å²) in [7, 11) is 0. The number of halogens is 4. The van der Waals surface area contributed by atoms with Crippen LogP contribution < -0.4 is 38.3 Å². The highest BCUT2D eigenvalue weighted by Crippen LogP contribution is 2.49. The van der Waals surface area contributed by atoms with E-state index in [1.165, 1.54) is 16.0 Å². The largest absolute Gasteiger partial charge is 0.365 e. The molecule has 1 saturated heterocycles. The number of nitrogens with one attached hydrogen (secondary N) is 5. The molecule has 0 saturated carbocycles. The number of hydrogen-bond acceptors (Lipinski definition) is 9. The molecule has 0 bridgehead atoms. The first-order chi connectivity index (χ1) is 17.9. The number of piperazine rings is 1. The Hall–Kier alpha value is -4.27. The van der Waals surface area contributed by atoms with E-state index in [0.717, 1.165) is 16.6 Å². The van der Waals surface area contributed by atoms with Crippen LogP contribution in [0.15, 0.2) is 23.1 Å². The predicted octanol–water partition coefficient (Wildman–Crippen LogP) is 3.09. The van der Waals surface area contributed by atoms with Gasteiger partial charge >= 0.3 is 0 Å². The third-order valence-electron chi connectivity index (χ3n) is 6.40. The second-order valence-corrected chi connectivity index (χ2v) is 8.48. The summed E-state index contributed by atoms with van der Waals surface area (Å²) in [4.78, 5) is 34.8. The van der Waals surface area contributed by atoms with Crippen LogP contribution >= 0.6 is 0 Å². The summed E-state index contributed by atoms with van der Waals surface area (Å²) in [5.41, 5.74) is 8.72. The fourth-order valence-electron chi connectivity index (χ4n) is 4.58. The highest BCUT2D eigenvalue weighted by atomic mass is 19.2. The van der Waals surface area contributed by atoms with Crippen molar-refractivity contribution in [1.29, 1.82) is 0 Å². The normalized spacial score (nSPS) is 14.0. The lowest BCUT2D eigenvalue weighted by atomic mass is 10.0. The molecule has 1 aromatic carbocycles. The number of amides is 1. The Morgan fingerprint density at radius 1 is 1.00 bits per heavy atom.